The van der Waals surface area contributed by atoms with Crippen molar-refractivity contribution < 1.29 is 158 Å². The van der Waals surface area contributed by atoms with Gasteiger partial charge in [-0.3, -0.25) is 33.6 Å². The Kier molecular flexibility index (Phi) is 24.8. The molecule has 0 saturated carbocycles. The van der Waals surface area contributed by atoms with Crippen LogP contribution < -0.4 is 66.6 Å². The molecule has 3 saturated heterocycles. The third-order valence-electron chi connectivity index (χ3n) is 21.4. The van der Waals surface area contributed by atoms with E-state index >= 15 is 24.0 Å². The molecule has 2 unspecified atom stereocenters. The molecule has 23 atom stereocenters. The van der Waals surface area contributed by atoms with E-state index in [1.807, 2.05) is 0 Å². The molecular formula is C79H80Cl2N8O32. The number of ether oxygens (including phenoxy) is 9. The first-order valence-electron chi connectivity index (χ1n) is 37.4. The zero-order valence-corrected chi connectivity index (χ0v) is 64.6. The summed E-state index contributed by atoms with van der Waals surface area (Å²) in [6.07, 6.45) is -27.9. The average Bonchev–Trinajstić information content (AvgIpc) is 0.745. The highest BCUT2D eigenvalue weighted by molar-refractivity contribution is 6.32. The van der Waals surface area contributed by atoms with E-state index < -0.39 is 298 Å². The number of aromatic hydroxyl groups is 4. The van der Waals surface area contributed by atoms with Crippen molar-refractivity contribution in [1.82, 2.24) is 37.2 Å². The number of aliphatic hydroxyl groups excluding tert-OH is 10. The molecule has 0 aromatic heterocycles. The molecule has 7 amide bonds. The molecule has 0 radical (unpaired) electrons. The first-order chi connectivity index (χ1) is 57.6. The monoisotopic (exact) mass is 1720 g/mol. The van der Waals surface area contributed by atoms with Gasteiger partial charge in [-0.15, -0.1) is 0 Å². The Morgan fingerprint density at radius 2 is 1.06 bits per heavy atom. The van der Waals surface area contributed by atoms with Gasteiger partial charge >= 0.3 is 5.97 Å². The minimum atomic E-state index is -2.55. The van der Waals surface area contributed by atoms with E-state index in [-0.39, 0.29) is 44.5 Å². The molecule has 0 spiro atoms. The summed E-state index contributed by atoms with van der Waals surface area (Å²) in [5.41, 5.74) is 2.98. The predicted octanol–water partition coefficient (Wildman–Crippen LogP) is -0.826. The standard InChI is InChI=1S/C79H80Cl2N8O32/c1-26-61(98)62(99)50(23-90)117-77(26)121-69-48-18-33-19-49(69)115-45-10-6-31(16-40(45)81)68(120-78-59(83-27(2)93)65(102)63(100)51(24-91)118-78)60-75(110)88-58(76(111)112)38-21-35(95)22-47(116-79-67(104)66(103)64(101)52(25-92)119-79)53(38)37-15-30(5-7-42(37)96)55(72(107)89-60)86-74(109)57(33)87-73(108)56-32-13-34(94)20-36(14-32)113-46-17-29(4-8-43(46)97)54(82)71(106)84-41(70(105)85-56)12-28-3-9-44(114-48)39(80)11-28/h3-11,13-22,26,41,50-52,54-68,77-79,90-92,94-104H,12,23-25,82H2,1-2H3,(H,83,93)(H,84,106)(H,85,105)(H,86,109)(H,87,108)(H,88,110)(H,89,107)(H,111,112)/t26?,41-,50-,51-,52-,54+,55-,56+,57-,58-,59-,60+,61-,62-,63-,64-,65-,66?,67+,68-,77+,78+,79+/m1/s1. The van der Waals surface area contributed by atoms with Crippen LogP contribution in [0.25, 0.3) is 11.1 Å². The van der Waals surface area contributed by atoms with E-state index in [1.165, 1.54) is 37.3 Å². The minimum Gasteiger partial charge on any atom is -0.508 e. The Morgan fingerprint density at radius 1 is 0.504 bits per heavy atom. The SMILES string of the molecule is CC(=O)N[C@H]1[C@H](O[C@@H]2c3ccc(c(Cl)c3)Oc3cc4cc(c3O[C@@H]3O[C@H](CO)[C@@H](O)[C@H](O)C3C)Oc3ccc(cc3Cl)C[C@H]3NC(=O)[C@@H](N)c5ccc(O)c(c5)Oc5cc(O)cc(c5)[C@H](NC3=O)C(=O)N[C@H]4C(=O)N[C@H]3C(=O)N[C@@H]2C(=O)N[C@@H](C(=O)O)c2cc(O)cc(O[C@H]4O[C@H](CO)[C@@H](O)C(O)[C@@H]4O)c2-c2cc3ccc2O)O[C@H](CO)[C@@H](O)[C@@H]1O. The van der Waals surface area contributed by atoms with Crippen molar-refractivity contribution in [1.29, 1.82) is 0 Å². The highest BCUT2D eigenvalue weighted by Gasteiger charge is 2.52. The quantitative estimate of drug-likeness (QED) is 0.0752. The number of phenolic OH excluding ortho intramolecular Hbond substituents is 4. The number of benzene rings is 7. The van der Waals surface area contributed by atoms with Crippen LogP contribution in [0.5, 0.6) is 69.0 Å². The van der Waals surface area contributed by atoms with Gasteiger partial charge in [-0.25, -0.2) is 4.79 Å². The number of phenols is 4. The maximum atomic E-state index is 16.8. The van der Waals surface area contributed by atoms with E-state index in [0.717, 1.165) is 91.9 Å². The normalized spacial score (nSPS) is 30.5. The van der Waals surface area contributed by atoms with Crippen LogP contribution in [0.4, 0.5) is 0 Å². The number of hydrogen-bond donors (Lipinski definition) is 23. The fraction of sp³-hybridized carbons (Fsp3) is 0.367. The average molecular weight is 1720 g/mol. The van der Waals surface area contributed by atoms with Gasteiger partial charge in [0.2, 0.25) is 59.7 Å². The summed E-state index contributed by atoms with van der Waals surface area (Å²) in [5, 5.41) is 185. The molecule has 9 aliphatic rings. The van der Waals surface area contributed by atoms with Crippen LogP contribution in [0, 0.1) is 5.92 Å². The Bertz CT molecular complexity index is 5240. The van der Waals surface area contributed by atoms with Crippen molar-refractivity contribution in [2.24, 2.45) is 11.7 Å². The number of halogens is 2. The van der Waals surface area contributed by atoms with Crippen LogP contribution in [-0.4, -0.2) is 242 Å². The van der Waals surface area contributed by atoms with E-state index in [0.29, 0.717) is 0 Å². The summed E-state index contributed by atoms with van der Waals surface area (Å²) in [7, 11) is 0. The maximum Gasteiger partial charge on any atom is 0.330 e. The lowest BCUT2D eigenvalue weighted by Crippen LogP contribution is -2.65. The number of carbonyl (C=O) groups is 8. The third-order valence-corrected chi connectivity index (χ3v) is 22.0. The Hall–Kier alpha value is -11.5. The Morgan fingerprint density at radius 3 is 1.69 bits per heavy atom. The summed E-state index contributed by atoms with van der Waals surface area (Å²) in [6.45, 7) is -0.646. The lowest BCUT2D eigenvalue weighted by atomic mass is 9.89. The van der Waals surface area contributed by atoms with Gasteiger partial charge in [0, 0.05) is 48.1 Å². The Balaban J connectivity index is 1.04. The van der Waals surface area contributed by atoms with Crippen LogP contribution in [-0.2, 0) is 63.7 Å². The van der Waals surface area contributed by atoms with E-state index in [9.17, 15) is 91.0 Å². The molecule has 9 heterocycles. The fourth-order valence-corrected chi connectivity index (χ4v) is 15.5. The van der Waals surface area contributed by atoms with Crippen LogP contribution in [0.1, 0.15) is 89.1 Å². The smallest absolute Gasteiger partial charge is 0.330 e. The number of rotatable bonds is 11. The second-order valence-corrected chi connectivity index (χ2v) is 30.4. The van der Waals surface area contributed by atoms with Crippen LogP contribution >= 0.6 is 23.2 Å². The molecule has 9 aliphatic heterocycles. The zero-order valence-electron chi connectivity index (χ0n) is 63.1. The number of carboxylic acid groups (broad SMARTS) is 1. The molecule has 121 heavy (non-hydrogen) atoms. The molecule has 7 aromatic carbocycles. The number of carbonyl (C=O) groups excluding carboxylic acids is 7. The highest BCUT2D eigenvalue weighted by atomic mass is 35.5. The molecule has 16 rings (SSSR count). The molecule has 3 fully saturated rings. The van der Waals surface area contributed by atoms with Crippen LogP contribution in [0.2, 0.25) is 10.0 Å². The van der Waals surface area contributed by atoms with Gasteiger partial charge in [0.1, 0.15) is 144 Å². The van der Waals surface area contributed by atoms with Gasteiger partial charge in [0.25, 0.3) is 0 Å². The number of amides is 7. The second-order valence-electron chi connectivity index (χ2n) is 29.6. The fourth-order valence-electron chi connectivity index (χ4n) is 15.0. The van der Waals surface area contributed by atoms with E-state index in [2.05, 4.69) is 37.2 Å². The van der Waals surface area contributed by atoms with Crippen molar-refractivity contribution in [2.45, 2.75) is 155 Å². The predicted molar refractivity (Wildman–Crippen MR) is 408 cm³/mol. The van der Waals surface area contributed by atoms with Gasteiger partial charge in [0.05, 0.1) is 36.0 Å². The van der Waals surface area contributed by atoms with Gasteiger partial charge in [-0.2, -0.15) is 0 Å². The van der Waals surface area contributed by atoms with Crippen molar-refractivity contribution in [3.05, 3.63) is 164 Å². The van der Waals surface area contributed by atoms with Gasteiger partial charge < -0.3 is 162 Å². The maximum absolute atomic E-state index is 16.8. The largest absolute Gasteiger partial charge is 0.508 e. The van der Waals surface area contributed by atoms with Crippen molar-refractivity contribution in [2.75, 3.05) is 19.8 Å². The molecule has 40 nitrogen and oxygen atoms in total. The summed E-state index contributed by atoms with van der Waals surface area (Å²) < 4.78 is 56.8. The number of aliphatic carboxylic acids is 1. The molecule has 642 valence electrons. The number of nitrogens with two attached hydrogens (primary N) is 1. The number of fused-ring (bicyclic) bond motifs is 14. The van der Waals surface area contributed by atoms with Crippen molar-refractivity contribution in [3.8, 4) is 80.1 Å². The lowest BCUT2D eigenvalue weighted by Gasteiger charge is -2.44. The first-order valence-corrected chi connectivity index (χ1v) is 38.1. The van der Waals surface area contributed by atoms with Gasteiger partial charge in [-0.1, -0.05) is 54.4 Å². The molecule has 17 bridgehead atoms. The van der Waals surface area contributed by atoms with Crippen LogP contribution in [0.3, 0.4) is 0 Å². The third kappa shape index (κ3) is 17.3. The molecular weight excluding hydrogens is 1640 g/mol. The van der Waals surface area contributed by atoms with E-state index in [1.54, 1.807) is 0 Å². The summed E-state index contributed by atoms with van der Waals surface area (Å²) in [6, 6.07) is 3.06. The minimum absolute atomic E-state index is 0.0415. The van der Waals surface area contributed by atoms with Crippen molar-refractivity contribution in [3.63, 3.8) is 0 Å². The number of nitrogens with one attached hydrogen (secondary N) is 7. The molecule has 42 heteroatoms. The second kappa shape index (κ2) is 34.9. The van der Waals surface area contributed by atoms with Gasteiger partial charge in [0.15, 0.2) is 35.3 Å². The first kappa shape index (κ1) is 85.9. The topological polar surface area (TPSA) is 633 Å². The Labute approximate surface area is 692 Å². The molecule has 7 aromatic rings. The zero-order chi connectivity index (χ0) is 86.8. The lowest BCUT2D eigenvalue weighted by molar-refractivity contribution is -0.284. The summed E-state index contributed by atoms with van der Waals surface area (Å²) >= 11 is 14.5. The number of aliphatic hydroxyl groups is 10. The summed E-state index contributed by atoms with van der Waals surface area (Å²) in [4.78, 5) is 123. The van der Waals surface area contributed by atoms with E-state index in [4.69, 9.17) is 71.6 Å². The van der Waals surface area contributed by atoms with Crippen molar-refractivity contribution >= 4 is 70.5 Å². The number of carboxylic acids is 1. The number of hydrogen-bond acceptors (Lipinski definition) is 32. The molecule has 24 N–H and O–H groups in total. The summed E-state index contributed by atoms with van der Waals surface area (Å²) in [5.74, 6) is -19.4. The van der Waals surface area contributed by atoms with Crippen LogP contribution in [0.15, 0.2) is 115 Å². The highest BCUT2D eigenvalue weighted by Crippen LogP contribution is 2.51. The molecule has 0 aliphatic carbocycles. The van der Waals surface area contributed by atoms with Gasteiger partial charge in [-0.05, 0) is 112 Å².